The van der Waals surface area contributed by atoms with Crippen molar-refractivity contribution in [2.24, 2.45) is 4.99 Å². The maximum atomic E-state index is 5.98. The highest BCUT2D eigenvalue weighted by Crippen LogP contribution is 2.34. The van der Waals surface area contributed by atoms with Gasteiger partial charge in [-0.15, -0.1) is 24.0 Å². The Hall–Kier alpha value is -0.860. The summed E-state index contributed by atoms with van der Waals surface area (Å²) in [4.78, 5) is 7.53. The van der Waals surface area contributed by atoms with Gasteiger partial charge in [0, 0.05) is 25.2 Å². The summed E-state index contributed by atoms with van der Waals surface area (Å²) < 4.78 is 5.98. The van der Waals surface area contributed by atoms with E-state index >= 15 is 0 Å². The Morgan fingerprint density at radius 2 is 2.04 bits per heavy atom. The van der Waals surface area contributed by atoms with Crippen LogP contribution < -0.4 is 10.6 Å². The van der Waals surface area contributed by atoms with Crippen molar-refractivity contribution in [2.45, 2.75) is 76.8 Å². The number of hydrogen-bond acceptors (Lipinski definition) is 3. The van der Waals surface area contributed by atoms with Gasteiger partial charge in [0.1, 0.15) is 0 Å². The van der Waals surface area contributed by atoms with Crippen LogP contribution >= 0.6 is 24.0 Å². The minimum absolute atomic E-state index is 0. The summed E-state index contributed by atoms with van der Waals surface area (Å²) in [6.07, 6.45) is 5.47. The van der Waals surface area contributed by atoms with E-state index < -0.39 is 0 Å². The minimum atomic E-state index is 0. The second kappa shape index (κ2) is 9.30. The molecule has 0 spiro atoms. The third-order valence-electron chi connectivity index (χ3n) is 6.38. The number of rotatable bonds is 5. The molecule has 3 heterocycles. The van der Waals surface area contributed by atoms with Crippen LogP contribution in [0.3, 0.4) is 0 Å². The molecule has 28 heavy (non-hydrogen) atoms. The number of halogens is 1. The van der Waals surface area contributed by atoms with Gasteiger partial charge in [-0.05, 0) is 57.6 Å². The molecule has 3 atom stereocenters. The van der Waals surface area contributed by atoms with Crippen LogP contribution in [0.1, 0.15) is 51.2 Å². The smallest absolute Gasteiger partial charge is 0.191 e. The lowest BCUT2D eigenvalue weighted by molar-refractivity contribution is 0.0991. The van der Waals surface area contributed by atoms with Crippen molar-refractivity contribution in [3.63, 3.8) is 0 Å². The Balaban J connectivity index is 0.00000225. The molecule has 0 aliphatic carbocycles. The normalized spacial score (nSPS) is 27.2. The molecule has 3 aliphatic rings. The zero-order valence-corrected chi connectivity index (χ0v) is 19.7. The van der Waals surface area contributed by atoms with Gasteiger partial charge >= 0.3 is 0 Å². The number of nitrogens with one attached hydrogen (secondary N) is 2. The molecule has 2 N–H and O–H groups in total. The molecule has 0 radical (unpaired) electrons. The summed E-state index contributed by atoms with van der Waals surface area (Å²) in [5.41, 5.74) is 2.99. The van der Waals surface area contributed by atoms with Gasteiger partial charge in [0.15, 0.2) is 5.96 Å². The van der Waals surface area contributed by atoms with Crippen LogP contribution in [0.5, 0.6) is 0 Å². The molecule has 0 amide bonds. The second-order valence-corrected chi connectivity index (χ2v) is 8.81. The molecule has 0 aromatic heterocycles. The Kier molecular flexibility index (Phi) is 7.26. The van der Waals surface area contributed by atoms with Gasteiger partial charge < -0.3 is 15.4 Å². The van der Waals surface area contributed by atoms with Crippen molar-refractivity contribution in [3.05, 3.63) is 35.4 Å². The third kappa shape index (κ3) is 4.82. The van der Waals surface area contributed by atoms with E-state index in [-0.39, 0.29) is 29.5 Å². The van der Waals surface area contributed by atoms with Crippen LogP contribution in [0.25, 0.3) is 0 Å². The van der Waals surface area contributed by atoms with Crippen molar-refractivity contribution < 1.29 is 4.74 Å². The van der Waals surface area contributed by atoms with Crippen LogP contribution in [0, 0.1) is 0 Å². The van der Waals surface area contributed by atoms with Gasteiger partial charge in [0.05, 0.1) is 24.8 Å². The highest BCUT2D eigenvalue weighted by Gasteiger charge is 2.41. The lowest BCUT2D eigenvalue weighted by atomic mass is 9.94. The van der Waals surface area contributed by atoms with E-state index in [0.717, 1.165) is 45.0 Å². The molecule has 2 saturated heterocycles. The first-order valence-electron chi connectivity index (χ1n) is 10.6. The third-order valence-corrected chi connectivity index (χ3v) is 6.38. The van der Waals surface area contributed by atoms with Gasteiger partial charge in [-0.2, -0.15) is 0 Å². The van der Waals surface area contributed by atoms with E-state index in [1.807, 2.05) is 0 Å². The number of hydrogen-bond donors (Lipinski definition) is 2. The molecular formula is C22H35IN4O. The van der Waals surface area contributed by atoms with Crippen molar-refractivity contribution >= 4 is 29.9 Å². The molecule has 2 fully saturated rings. The average molecular weight is 498 g/mol. The van der Waals surface area contributed by atoms with Crippen LogP contribution in [0.15, 0.2) is 29.3 Å². The zero-order chi connectivity index (χ0) is 18.9. The molecule has 1 aromatic rings. The highest BCUT2D eigenvalue weighted by atomic mass is 127. The molecule has 3 aliphatic heterocycles. The number of nitrogens with zero attached hydrogens (tertiary/aromatic N) is 2. The van der Waals surface area contributed by atoms with Crippen LogP contribution in [-0.4, -0.2) is 54.3 Å². The molecule has 4 rings (SSSR count). The summed E-state index contributed by atoms with van der Waals surface area (Å²) in [5, 5.41) is 7.06. The number of fused-ring (bicyclic) bond motifs is 3. The average Bonchev–Trinajstić information content (AvgIpc) is 3.29. The topological polar surface area (TPSA) is 48.9 Å². The summed E-state index contributed by atoms with van der Waals surface area (Å²) in [7, 11) is 0. The molecule has 6 heteroatoms. The van der Waals surface area contributed by atoms with E-state index in [1.54, 1.807) is 0 Å². The van der Waals surface area contributed by atoms with E-state index in [2.05, 4.69) is 60.6 Å². The molecule has 5 nitrogen and oxygen atoms in total. The highest BCUT2D eigenvalue weighted by molar-refractivity contribution is 14.0. The minimum Gasteiger partial charge on any atom is -0.373 e. The van der Waals surface area contributed by atoms with Gasteiger partial charge in [0.2, 0.25) is 0 Å². The van der Waals surface area contributed by atoms with Crippen molar-refractivity contribution in [1.29, 1.82) is 0 Å². The number of aliphatic imine (C=N–C) groups is 1. The van der Waals surface area contributed by atoms with Gasteiger partial charge in [-0.1, -0.05) is 24.3 Å². The van der Waals surface area contributed by atoms with E-state index in [9.17, 15) is 0 Å². The fourth-order valence-electron chi connectivity index (χ4n) is 4.67. The number of ether oxygens (including phenoxy) is 1. The number of benzene rings is 1. The summed E-state index contributed by atoms with van der Waals surface area (Å²) in [6, 6.07) is 9.24. The standard InChI is InChI=1S/C22H34N4O.HI/c1-4-23-21(25-19-13-18-9-10-20(19)27-18)24-15-22(2,3)26-12-11-16-7-5-6-8-17(16)14-26;/h5-8,18-20H,4,9-15H2,1-3H3,(H2,23,24,25);1H. The molecule has 3 unspecified atom stereocenters. The van der Waals surface area contributed by atoms with E-state index in [0.29, 0.717) is 18.2 Å². The molecule has 0 saturated carbocycles. The van der Waals surface area contributed by atoms with E-state index in [4.69, 9.17) is 9.73 Å². The van der Waals surface area contributed by atoms with E-state index in [1.165, 1.54) is 24.0 Å². The molecule has 2 bridgehead atoms. The lowest BCUT2D eigenvalue weighted by Gasteiger charge is -2.41. The maximum Gasteiger partial charge on any atom is 0.191 e. The second-order valence-electron chi connectivity index (χ2n) is 8.81. The predicted octanol–water partition coefficient (Wildman–Crippen LogP) is 3.32. The summed E-state index contributed by atoms with van der Waals surface area (Å²) in [5.74, 6) is 0.934. The van der Waals surface area contributed by atoms with Crippen LogP contribution in [0.2, 0.25) is 0 Å². The summed E-state index contributed by atoms with van der Waals surface area (Å²) in [6.45, 7) is 10.5. The van der Waals surface area contributed by atoms with Gasteiger partial charge in [-0.25, -0.2) is 0 Å². The molecule has 1 aromatic carbocycles. The fourth-order valence-corrected chi connectivity index (χ4v) is 4.67. The lowest BCUT2D eigenvalue weighted by Crippen LogP contribution is -2.51. The first-order valence-corrected chi connectivity index (χ1v) is 10.6. The van der Waals surface area contributed by atoms with Gasteiger partial charge in [-0.3, -0.25) is 9.89 Å². The maximum absolute atomic E-state index is 5.98. The fraction of sp³-hybridized carbons (Fsp3) is 0.682. The largest absolute Gasteiger partial charge is 0.373 e. The number of guanidine groups is 1. The Morgan fingerprint density at radius 3 is 2.71 bits per heavy atom. The quantitative estimate of drug-likeness (QED) is 0.372. The monoisotopic (exact) mass is 498 g/mol. The van der Waals surface area contributed by atoms with Gasteiger partial charge in [0.25, 0.3) is 0 Å². The first kappa shape index (κ1) is 21.8. The van der Waals surface area contributed by atoms with Crippen molar-refractivity contribution in [1.82, 2.24) is 15.5 Å². The van der Waals surface area contributed by atoms with Crippen LogP contribution in [0.4, 0.5) is 0 Å². The Labute approximate surface area is 186 Å². The zero-order valence-electron chi connectivity index (χ0n) is 17.4. The Bertz CT molecular complexity index is 693. The molecular weight excluding hydrogens is 463 g/mol. The first-order chi connectivity index (χ1) is 13.0. The van der Waals surface area contributed by atoms with Crippen LogP contribution in [-0.2, 0) is 17.7 Å². The van der Waals surface area contributed by atoms with Crippen molar-refractivity contribution in [2.75, 3.05) is 19.6 Å². The van der Waals surface area contributed by atoms with Crippen molar-refractivity contribution in [3.8, 4) is 0 Å². The predicted molar refractivity (Wildman–Crippen MR) is 125 cm³/mol. The Morgan fingerprint density at radius 1 is 1.25 bits per heavy atom. The summed E-state index contributed by atoms with van der Waals surface area (Å²) >= 11 is 0. The SMILES string of the molecule is CCNC(=NCC(C)(C)N1CCc2ccccc2C1)NC1CC2CCC1O2.I. The molecule has 156 valence electrons.